The summed E-state index contributed by atoms with van der Waals surface area (Å²) >= 11 is 0. The number of hydrogen-bond acceptors (Lipinski definition) is 2. The second-order valence-corrected chi connectivity index (χ2v) is 5.26. The Labute approximate surface area is 110 Å². The minimum atomic E-state index is -0.114. The fourth-order valence-corrected chi connectivity index (χ4v) is 1.78. The average Bonchev–Trinajstić information content (AvgIpc) is 2.31. The van der Waals surface area contributed by atoms with Crippen molar-refractivity contribution in [3.05, 3.63) is 35.6 Å². The van der Waals surface area contributed by atoms with Gasteiger partial charge in [-0.05, 0) is 32.0 Å². The van der Waals surface area contributed by atoms with Gasteiger partial charge in [-0.2, -0.15) is 0 Å². The summed E-state index contributed by atoms with van der Waals surface area (Å²) in [6, 6.07) is 6.97. The predicted octanol–water partition coefficient (Wildman–Crippen LogP) is 2.89. The molecule has 18 heavy (non-hydrogen) atoms. The Morgan fingerprint density at radius 1 is 1.22 bits per heavy atom. The summed E-state index contributed by atoms with van der Waals surface area (Å²) in [4.78, 5) is 2.14. The van der Waals surface area contributed by atoms with E-state index in [2.05, 4.69) is 24.1 Å². The number of nitrogens with zero attached hydrogens (tertiary/aromatic N) is 1. The number of rotatable bonds is 8. The van der Waals surface area contributed by atoms with E-state index >= 15 is 0 Å². The fraction of sp³-hybridized carbons (Fsp3) is 0.600. The van der Waals surface area contributed by atoms with Crippen LogP contribution in [0.2, 0.25) is 0 Å². The molecule has 0 aromatic heterocycles. The molecule has 0 aliphatic rings. The molecule has 0 aliphatic carbocycles. The van der Waals surface area contributed by atoms with Gasteiger partial charge in [0.1, 0.15) is 5.82 Å². The molecule has 0 saturated carbocycles. The highest BCUT2D eigenvalue weighted by Crippen LogP contribution is 2.08. The molecule has 0 heterocycles. The highest BCUT2D eigenvalue weighted by Gasteiger charge is 2.04. The van der Waals surface area contributed by atoms with Gasteiger partial charge in [-0.25, -0.2) is 4.39 Å². The molecule has 1 aromatic rings. The van der Waals surface area contributed by atoms with Gasteiger partial charge in [0.25, 0.3) is 0 Å². The van der Waals surface area contributed by atoms with Crippen LogP contribution in [0, 0.1) is 11.7 Å². The summed E-state index contributed by atoms with van der Waals surface area (Å²) in [5.41, 5.74) is 0.766. The summed E-state index contributed by atoms with van der Waals surface area (Å²) < 4.78 is 13.4. The Morgan fingerprint density at radius 2 is 1.94 bits per heavy atom. The van der Waals surface area contributed by atoms with E-state index in [0.29, 0.717) is 6.54 Å². The van der Waals surface area contributed by atoms with Gasteiger partial charge >= 0.3 is 0 Å². The first-order valence-corrected chi connectivity index (χ1v) is 6.72. The van der Waals surface area contributed by atoms with Crippen molar-refractivity contribution in [1.29, 1.82) is 0 Å². The van der Waals surface area contributed by atoms with E-state index in [1.807, 2.05) is 19.2 Å². The van der Waals surface area contributed by atoms with Crippen molar-refractivity contribution in [2.24, 2.45) is 5.92 Å². The molecule has 102 valence electrons. The van der Waals surface area contributed by atoms with Gasteiger partial charge < -0.3 is 10.2 Å². The first kappa shape index (κ1) is 15.1. The van der Waals surface area contributed by atoms with E-state index in [-0.39, 0.29) is 5.82 Å². The first-order chi connectivity index (χ1) is 8.59. The number of hydrogen-bond donors (Lipinski definition) is 1. The molecule has 0 fully saturated rings. The second-order valence-electron chi connectivity index (χ2n) is 5.26. The van der Waals surface area contributed by atoms with E-state index in [9.17, 15) is 4.39 Å². The molecule has 0 aliphatic heterocycles. The van der Waals surface area contributed by atoms with Crippen LogP contribution in [-0.2, 0) is 6.54 Å². The van der Waals surface area contributed by atoms with Gasteiger partial charge in [0, 0.05) is 25.2 Å². The SMILES string of the molecule is CC(C)CCNCCN(C)Cc1ccccc1F. The van der Waals surface area contributed by atoms with E-state index in [1.165, 1.54) is 12.5 Å². The van der Waals surface area contributed by atoms with Crippen molar-refractivity contribution in [1.82, 2.24) is 10.2 Å². The summed E-state index contributed by atoms with van der Waals surface area (Å²) in [5, 5.41) is 3.41. The minimum Gasteiger partial charge on any atom is -0.315 e. The predicted molar refractivity (Wildman–Crippen MR) is 75.1 cm³/mol. The molecule has 0 bridgehead atoms. The van der Waals surface area contributed by atoms with Crippen molar-refractivity contribution in [2.75, 3.05) is 26.7 Å². The van der Waals surface area contributed by atoms with Gasteiger partial charge in [-0.1, -0.05) is 32.0 Å². The Balaban J connectivity index is 2.18. The summed E-state index contributed by atoms with van der Waals surface area (Å²) in [7, 11) is 2.02. The number of benzene rings is 1. The Hall–Kier alpha value is -0.930. The molecule has 0 radical (unpaired) electrons. The molecule has 0 unspecified atom stereocenters. The van der Waals surface area contributed by atoms with Gasteiger partial charge in [0.2, 0.25) is 0 Å². The third-order valence-electron chi connectivity index (χ3n) is 2.97. The van der Waals surface area contributed by atoms with Gasteiger partial charge in [0.05, 0.1) is 0 Å². The lowest BCUT2D eigenvalue weighted by Gasteiger charge is -2.17. The maximum absolute atomic E-state index is 13.4. The maximum Gasteiger partial charge on any atom is 0.127 e. The van der Waals surface area contributed by atoms with Crippen molar-refractivity contribution < 1.29 is 4.39 Å². The van der Waals surface area contributed by atoms with E-state index in [4.69, 9.17) is 0 Å². The summed E-state index contributed by atoms with van der Waals surface area (Å²) in [6.07, 6.45) is 1.21. The third-order valence-corrected chi connectivity index (χ3v) is 2.97. The number of likely N-dealkylation sites (N-methyl/N-ethyl adjacent to an activating group) is 1. The van der Waals surface area contributed by atoms with Crippen LogP contribution < -0.4 is 5.32 Å². The normalized spacial score (nSPS) is 11.4. The molecule has 0 spiro atoms. The number of nitrogens with one attached hydrogen (secondary N) is 1. The zero-order chi connectivity index (χ0) is 13.4. The second kappa shape index (κ2) is 8.22. The Morgan fingerprint density at radius 3 is 2.61 bits per heavy atom. The van der Waals surface area contributed by atoms with Gasteiger partial charge in [-0.3, -0.25) is 0 Å². The highest BCUT2D eigenvalue weighted by atomic mass is 19.1. The topological polar surface area (TPSA) is 15.3 Å². The van der Waals surface area contributed by atoms with Gasteiger partial charge in [0.15, 0.2) is 0 Å². The summed E-state index contributed by atoms with van der Waals surface area (Å²) in [5.74, 6) is 0.630. The fourth-order valence-electron chi connectivity index (χ4n) is 1.78. The standard InChI is InChI=1S/C15H25FN2/c1-13(2)8-9-17-10-11-18(3)12-14-6-4-5-7-15(14)16/h4-7,13,17H,8-12H2,1-3H3. The zero-order valence-corrected chi connectivity index (χ0v) is 11.7. The van der Waals surface area contributed by atoms with E-state index in [1.54, 1.807) is 6.07 Å². The lowest BCUT2D eigenvalue weighted by Crippen LogP contribution is -2.30. The number of halogens is 1. The van der Waals surface area contributed by atoms with Crippen LogP contribution in [0.15, 0.2) is 24.3 Å². The van der Waals surface area contributed by atoms with Crippen LogP contribution in [0.1, 0.15) is 25.8 Å². The quantitative estimate of drug-likeness (QED) is 0.716. The average molecular weight is 252 g/mol. The van der Waals surface area contributed by atoms with E-state index < -0.39 is 0 Å². The Bertz CT molecular complexity index is 339. The van der Waals surface area contributed by atoms with Crippen molar-refractivity contribution in [3.63, 3.8) is 0 Å². The molecule has 2 nitrogen and oxygen atoms in total. The van der Waals surface area contributed by atoms with Crippen LogP contribution in [0.25, 0.3) is 0 Å². The maximum atomic E-state index is 13.4. The van der Waals surface area contributed by atoms with Gasteiger partial charge in [-0.15, -0.1) is 0 Å². The largest absolute Gasteiger partial charge is 0.315 e. The zero-order valence-electron chi connectivity index (χ0n) is 11.7. The van der Waals surface area contributed by atoms with Crippen molar-refractivity contribution >= 4 is 0 Å². The monoisotopic (exact) mass is 252 g/mol. The highest BCUT2D eigenvalue weighted by molar-refractivity contribution is 5.16. The van der Waals surface area contributed by atoms with E-state index in [0.717, 1.165) is 31.1 Å². The molecule has 1 rings (SSSR count). The molecular weight excluding hydrogens is 227 g/mol. The van der Waals surface area contributed by atoms with Crippen LogP contribution in [0.4, 0.5) is 4.39 Å². The smallest absolute Gasteiger partial charge is 0.127 e. The minimum absolute atomic E-state index is 0.114. The molecule has 0 atom stereocenters. The molecule has 1 N–H and O–H groups in total. The molecule has 1 aromatic carbocycles. The van der Waals surface area contributed by atoms with Crippen LogP contribution in [-0.4, -0.2) is 31.6 Å². The van der Waals surface area contributed by atoms with Crippen LogP contribution in [0.5, 0.6) is 0 Å². The van der Waals surface area contributed by atoms with Crippen LogP contribution >= 0.6 is 0 Å². The lowest BCUT2D eigenvalue weighted by molar-refractivity contribution is 0.318. The Kier molecular flexibility index (Phi) is 6.91. The molecule has 0 amide bonds. The van der Waals surface area contributed by atoms with Crippen molar-refractivity contribution in [2.45, 2.75) is 26.8 Å². The lowest BCUT2D eigenvalue weighted by atomic mass is 10.1. The van der Waals surface area contributed by atoms with Crippen molar-refractivity contribution in [3.8, 4) is 0 Å². The summed E-state index contributed by atoms with van der Waals surface area (Å²) in [6.45, 7) is 8.08. The molecular formula is C15H25FN2. The third kappa shape index (κ3) is 6.12. The molecule has 0 saturated heterocycles. The first-order valence-electron chi connectivity index (χ1n) is 6.72. The van der Waals surface area contributed by atoms with Crippen LogP contribution in [0.3, 0.4) is 0 Å². The molecule has 3 heteroatoms.